The van der Waals surface area contributed by atoms with Crippen LogP contribution in [0.4, 0.5) is 5.69 Å². The average Bonchev–Trinajstić information content (AvgIpc) is 3.08. The molecule has 33 heavy (non-hydrogen) atoms. The number of methoxy groups -OCH3 is 2. The van der Waals surface area contributed by atoms with E-state index in [2.05, 4.69) is 17.6 Å². The normalized spacial score (nSPS) is 14.3. The molecule has 1 aliphatic rings. The topological polar surface area (TPSA) is 89.1 Å². The molecule has 1 heterocycles. The van der Waals surface area contributed by atoms with Crippen molar-refractivity contribution in [3.8, 4) is 17.2 Å². The summed E-state index contributed by atoms with van der Waals surface area (Å²) in [5.41, 5.74) is 1.69. The third kappa shape index (κ3) is 6.01. The molecule has 1 fully saturated rings. The van der Waals surface area contributed by atoms with Crippen molar-refractivity contribution in [2.75, 3.05) is 32.7 Å². The number of benzene rings is 2. The highest BCUT2D eigenvalue weighted by molar-refractivity contribution is 7.80. The van der Waals surface area contributed by atoms with E-state index in [1.807, 2.05) is 6.07 Å². The maximum atomic E-state index is 12.6. The molecule has 2 aromatic rings. The Morgan fingerprint density at radius 2 is 1.88 bits per heavy atom. The maximum Gasteiger partial charge on any atom is 0.276 e. The van der Waals surface area contributed by atoms with E-state index in [0.717, 1.165) is 18.4 Å². The van der Waals surface area contributed by atoms with Crippen molar-refractivity contribution in [2.24, 2.45) is 0 Å². The average molecular weight is 470 g/mol. The molecule has 2 N–H and O–H groups in total. The summed E-state index contributed by atoms with van der Waals surface area (Å²) in [6.45, 7) is 2.44. The number of para-hydroxylation sites is 2. The molecular weight excluding hydrogens is 442 g/mol. The van der Waals surface area contributed by atoms with Crippen LogP contribution in [0.3, 0.4) is 0 Å². The number of carbonyl (C=O) groups excluding carboxylic acids is 2. The van der Waals surface area contributed by atoms with Gasteiger partial charge in [-0.3, -0.25) is 14.5 Å². The predicted octanol–water partition coefficient (Wildman–Crippen LogP) is 3.58. The lowest BCUT2D eigenvalue weighted by Gasteiger charge is -2.13. The fourth-order valence-corrected chi connectivity index (χ4v) is 3.51. The van der Waals surface area contributed by atoms with E-state index in [9.17, 15) is 9.59 Å². The second-order valence-corrected chi connectivity index (χ2v) is 7.63. The molecule has 0 aromatic heterocycles. The molecule has 0 unspecified atom stereocenters. The number of nitrogens with one attached hydrogen (secondary N) is 2. The second kappa shape index (κ2) is 11.3. The summed E-state index contributed by atoms with van der Waals surface area (Å²) in [6, 6.07) is 12.3. The molecule has 8 nitrogen and oxygen atoms in total. The largest absolute Gasteiger partial charge is 0.495 e. The Morgan fingerprint density at radius 1 is 1.12 bits per heavy atom. The first-order valence-electron chi connectivity index (χ1n) is 10.5. The van der Waals surface area contributed by atoms with Gasteiger partial charge in [0.1, 0.15) is 11.4 Å². The van der Waals surface area contributed by atoms with Gasteiger partial charge in [-0.05, 0) is 54.5 Å². The maximum absolute atomic E-state index is 12.6. The van der Waals surface area contributed by atoms with Gasteiger partial charge in [-0.15, -0.1) is 0 Å². The van der Waals surface area contributed by atoms with Crippen molar-refractivity contribution in [1.29, 1.82) is 0 Å². The molecular formula is C24H27N3O5S. The number of nitrogens with zero attached hydrogens (tertiary/aromatic N) is 1. The standard InChI is InChI=1S/C24H27N3O5S/c1-4-5-12-27-23(29)18(26-24(27)33)13-16-10-11-20(21(14-16)31-3)32-15-22(28)25-17-8-6-7-9-19(17)30-2/h6-11,13-14H,4-5,12,15H2,1-3H3,(H,25,28)(H,26,33)/b18-13+. The number of hydrogen-bond acceptors (Lipinski definition) is 6. The van der Waals surface area contributed by atoms with Gasteiger partial charge < -0.3 is 24.8 Å². The van der Waals surface area contributed by atoms with Gasteiger partial charge in [0.2, 0.25) is 0 Å². The van der Waals surface area contributed by atoms with Crippen LogP contribution in [-0.4, -0.2) is 49.2 Å². The Balaban J connectivity index is 1.66. The predicted molar refractivity (Wildman–Crippen MR) is 130 cm³/mol. The molecule has 0 radical (unpaired) electrons. The van der Waals surface area contributed by atoms with Crippen LogP contribution in [0.25, 0.3) is 6.08 Å². The van der Waals surface area contributed by atoms with Crippen molar-refractivity contribution in [2.45, 2.75) is 19.8 Å². The lowest BCUT2D eigenvalue weighted by atomic mass is 10.1. The first-order valence-corrected chi connectivity index (χ1v) is 11.0. The van der Waals surface area contributed by atoms with Crippen molar-refractivity contribution in [3.63, 3.8) is 0 Å². The minimum atomic E-state index is -0.339. The Kier molecular flexibility index (Phi) is 8.26. The molecule has 1 saturated heterocycles. The smallest absolute Gasteiger partial charge is 0.276 e. The first-order chi connectivity index (χ1) is 16.0. The Hall–Kier alpha value is -3.59. The quantitative estimate of drug-likeness (QED) is 0.406. The molecule has 0 spiro atoms. The highest BCUT2D eigenvalue weighted by atomic mass is 32.1. The van der Waals surface area contributed by atoms with Crippen LogP contribution >= 0.6 is 12.2 Å². The second-order valence-electron chi connectivity index (χ2n) is 7.25. The molecule has 0 bridgehead atoms. The summed E-state index contributed by atoms with van der Waals surface area (Å²) in [7, 11) is 3.04. The number of thiocarbonyl (C=S) groups is 1. The van der Waals surface area contributed by atoms with E-state index in [1.54, 1.807) is 47.4 Å². The van der Waals surface area contributed by atoms with Crippen molar-refractivity contribution < 1.29 is 23.8 Å². The van der Waals surface area contributed by atoms with Crippen molar-refractivity contribution >= 4 is 40.9 Å². The van der Waals surface area contributed by atoms with Crippen molar-refractivity contribution in [3.05, 3.63) is 53.7 Å². The summed E-state index contributed by atoms with van der Waals surface area (Å²) in [6.07, 6.45) is 3.56. The third-order valence-corrected chi connectivity index (χ3v) is 5.26. The Bertz CT molecular complexity index is 1070. The number of anilines is 1. The zero-order valence-electron chi connectivity index (χ0n) is 18.8. The highest BCUT2D eigenvalue weighted by Gasteiger charge is 2.29. The van der Waals surface area contributed by atoms with Gasteiger partial charge >= 0.3 is 0 Å². The van der Waals surface area contributed by atoms with Crippen LogP contribution < -0.4 is 24.8 Å². The van der Waals surface area contributed by atoms with Crippen LogP contribution in [0.15, 0.2) is 48.2 Å². The number of ether oxygens (including phenoxy) is 3. The first kappa shape index (κ1) is 24.1. The molecule has 0 aliphatic carbocycles. The van der Waals surface area contributed by atoms with E-state index >= 15 is 0 Å². The van der Waals surface area contributed by atoms with Gasteiger partial charge in [0.05, 0.1) is 19.9 Å². The van der Waals surface area contributed by atoms with Crippen LogP contribution in [-0.2, 0) is 9.59 Å². The molecule has 2 amide bonds. The summed E-state index contributed by atoms with van der Waals surface area (Å²) >= 11 is 5.28. The van der Waals surface area contributed by atoms with Crippen molar-refractivity contribution in [1.82, 2.24) is 10.2 Å². The lowest BCUT2D eigenvalue weighted by Crippen LogP contribution is -2.31. The molecule has 3 rings (SSSR count). The third-order valence-electron chi connectivity index (χ3n) is 4.94. The van der Waals surface area contributed by atoms with E-state index in [4.69, 9.17) is 26.4 Å². The van der Waals surface area contributed by atoms with Gasteiger partial charge in [-0.2, -0.15) is 0 Å². The summed E-state index contributed by atoms with van der Waals surface area (Å²) in [5.74, 6) is 0.907. The Labute approximate surface area is 198 Å². The summed E-state index contributed by atoms with van der Waals surface area (Å²) < 4.78 is 16.3. The van der Waals surface area contributed by atoms with E-state index in [0.29, 0.717) is 40.3 Å². The van der Waals surface area contributed by atoms with Gasteiger partial charge in [0, 0.05) is 6.54 Å². The number of carbonyl (C=O) groups is 2. The van der Waals surface area contributed by atoms with E-state index in [-0.39, 0.29) is 18.4 Å². The zero-order chi connectivity index (χ0) is 23.8. The minimum absolute atomic E-state index is 0.152. The zero-order valence-corrected chi connectivity index (χ0v) is 19.7. The van der Waals surface area contributed by atoms with Gasteiger partial charge in [0.25, 0.3) is 11.8 Å². The number of rotatable bonds is 10. The molecule has 0 atom stereocenters. The molecule has 0 saturated carbocycles. The Morgan fingerprint density at radius 3 is 2.61 bits per heavy atom. The summed E-state index contributed by atoms with van der Waals surface area (Å²) in [5, 5.41) is 6.13. The van der Waals surface area contributed by atoms with Crippen LogP contribution in [0.1, 0.15) is 25.3 Å². The van der Waals surface area contributed by atoms with Crippen LogP contribution in [0.2, 0.25) is 0 Å². The lowest BCUT2D eigenvalue weighted by molar-refractivity contribution is -0.122. The van der Waals surface area contributed by atoms with Gasteiger partial charge in [-0.1, -0.05) is 31.5 Å². The van der Waals surface area contributed by atoms with E-state index < -0.39 is 0 Å². The molecule has 174 valence electrons. The molecule has 2 aromatic carbocycles. The SMILES string of the molecule is CCCCN1C(=O)/C(=C\c2ccc(OCC(=O)Nc3ccccc3OC)c(OC)c2)NC1=S. The molecule has 9 heteroatoms. The van der Waals surface area contributed by atoms with Gasteiger partial charge in [0.15, 0.2) is 23.2 Å². The van der Waals surface area contributed by atoms with Crippen LogP contribution in [0, 0.1) is 0 Å². The van der Waals surface area contributed by atoms with Crippen LogP contribution in [0.5, 0.6) is 17.2 Å². The number of unbranched alkanes of at least 4 members (excludes halogenated alkanes) is 1. The highest BCUT2D eigenvalue weighted by Crippen LogP contribution is 2.29. The number of amides is 2. The van der Waals surface area contributed by atoms with E-state index in [1.165, 1.54) is 14.2 Å². The number of hydrogen-bond donors (Lipinski definition) is 2. The fraction of sp³-hybridized carbons (Fsp3) is 0.292. The minimum Gasteiger partial charge on any atom is -0.495 e. The fourth-order valence-electron chi connectivity index (χ4n) is 3.23. The van der Waals surface area contributed by atoms with Gasteiger partial charge in [-0.25, -0.2) is 0 Å². The monoisotopic (exact) mass is 469 g/mol. The molecule has 1 aliphatic heterocycles. The summed E-state index contributed by atoms with van der Waals surface area (Å²) in [4.78, 5) is 26.5.